The van der Waals surface area contributed by atoms with Crippen molar-refractivity contribution in [3.05, 3.63) is 66.4 Å². The van der Waals surface area contributed by atoms with Gasteiger partial charge in [0, 0.05) is 11.8 Å². The van der Waals surface area contributed by atoms with Crippen LogP contribution in [0.5, 0.6) is 5.75 Å². The topological polar surface area (TPSA) is 69.6 Å². The van der Waals surface area contributed by atoms with E-state index in [0.29, 0.717) is 11.4 Å². The lowest BCUT2D eigenvalue weighted by atomic mass is 10.3. The summed E-state index contributed by atoms with van der Waals surface area (Å²) in [5.41, 5.74) is 1.36. The maximum atomic E-state index is 12.3. The smallest absolute Gasteiger partial charge is 0.281 e. The number of aromatic hydroxyl groups is 1. The molecule has 5 nitrogen and oxygen atoms in total. The number of phenols is 1. The maximum Gasteiger partial charge on any atom is 0.281 e. The van der Waals surface area contributed by atoms with Crippen LogP contribution in [-0.4, -0.2) is 16.9 Å². The van der Waals surface area contributed by atoms with E-state index in [-0.39, 0.29) is 17.4 Å². The van der Waals surface area contributed by atoms with E-state index in [2.05, 4.69) is 5.32 Å². The molecule has 0 spiro atoms. The first-order valence-corrected chi connectivity index (χ1v) is 6.36. The van der Waals surface area contributed by atoms with Crippen molar-refractivity contribution < 1.29 is 14.7 Å². The van der Waals surface area contributed by atoms with Crippen LogP contribution in [0.3, 0.4) is 0 Å². The minimum atomic E-state index is -0.403. The highest BCUT2D eigenvalue weighted by atomic mass is 16.3. The van der Waals surface area contributed by atoms with Gasteiger partial charge in [0.05, 0.1) is 5.69 Å². The Kier molecular flexibility index (Phi) is 3.16. The highest BCUT2D eigenvalue weighted by molar-refractivity contribution is 6.31. The second kappa shape index (κ2) is 5.13. The first kappa shape index (κ1) is 12.9. The van der Waals surface area contributed by atoms with Crippen LogP contribution < -0.4 is 10.2 Å². The van der Waals surface area contributed by atoms with Crippen molar-refractivity contribution in [1.82, 2.24) is 0 Å². The van der Waals surface area contributed by atoms with Crippen molar-refractivity contribution in [2.45, 2.75) is 0 Å². The summed E-state index contributed by atoms with van der Waals surface area (Å²) >= 11 is 0. The summed E-state index contributed by atoms with van der Waals surface area (Å²) in [4.78, 5) is 25.4. The van der Waals surface area contributed by atoms with E-state index >= 15 is 0 Å². The normalized spacial score (nSPS) is 14.3. The predicted molar refractivity (Wildman–Crippen MR) is 78.7 cm³/mol. The molecule has 1 aliphatic heterocycles. The third-order valence-electron chi connectivity index (χ3n) is 3.08. The number of anilines is 2. The average molecular weight is 280 g/mol. The van der Waals surface area contributed by atoms with Crippen molar-refractivity contribution in [3.63, 3.8) is 0 Å². The van der Waals surface area contributed by atoms with Crippen LogP contribution in [0.25, 0.3) is 0 Å². The third-order valence-corrected chi connectivity index (χ3v) is 3.08. The summed E-state index contributed by atoms with van der Waals surface area (Å²) < 4.78 is 0. The highest BCUT2D eigenvalue weighted by Crippen LogP contribution is 2.24. The number of para-hydroxylation sites is 1. The number of imide groups is 1. The summed E-state index contributed by atoms with van der Waals surface area (Å²) in [6.45, 7) is 0. The fourth-order valence-electron chi connectivity index (χ4n) is 2.08. The Morgan fingerprint density at radius 3 is 2.24 bits per heavy atom. The van der Waals surface area contributed by atoms with E-state index < -0.39 is 5.91 Å². The molecule has 0 radical (unpaired) electrons. The molecule has 0 saturated carbocycles. The number of nitrogens with zero attached hydrogens (tertiary/aromatic N) is 1. The lowest BCUT2D eigenvalue weighted by Crippen LogP contribution is -2.31. The van der Waals surface area contributed by atoms with Crippen molar-refractivity contribution in [1.29, 1.82) is 0 Å². The summed E-state index contributed by atoms with van der Waals surface area (Å²) in [6.07, 6.45) is 1.27. The Morgan fingerprint density at radius 1 is 0.905 bits per heavy atom. The number of phenolic OH excluding ortho intramolecular Hbond substituents is 1. The molecule has 2 aromatic rings. The minimum absolute atomic E-state index is 0.134. The van der Waals surface area contributed by atoms with Gasteiger partial charge in [0.15, 0.2) is 0 Å². The zero-order valence-electron chi connectivity index (χ0n) is 11.0. The highest BCUT2D eigenvalue weighted by Gasteiger charge is 2.32. The van der Waals surface area contributed by atoms with E-state index in [1.54, 1.807) is 36.4 Å². The molecule has 2 aromatic carbocycles. The maximum absolute atomic E-state index is 12.3. The van der Waals surface area contributed by atoms with Crippen LogP contribution in [0.1, 0.15) is 0 Å². The standard InChI is InChI=1S/C16H12N2O3/c19-13-8-6-11(7-9-13)17-14-10-15(20)18(16(14)21)12-4-2-1-3-5-12/h1-10,17,19H. The van der Waals surface area contributed by atoms with Gasteiger partial charge < -0.3 is 10.4 Å². The SMILES string of the molecule is O=C1C=C(Nc2ccc(O)cc2)C(=O)N1c1ccccc1. The van der Waals surface area contributed by atoms with Crippen LogP contribution >= 0.6 is 0 Å². The largest absolute Gasteiger partial charge is 0.508 e. The molecule has 0 fully saturated rings. The lowest BCUT2D eigenvalue weighted by Gasteiger charge is -2.15. The fourth-order valence-corrected chi connectivity index (χ4v) is 2.08. The molecule has 1 aliphatic rings. The molecular formula is C16H12N2O3. The molecule has 1 heterocycles. The Balaban J connectivity index is 1.83. The number of amides is 2. The lowest BCUT2D eigenvalue weighted by molar-refractivity contribution is -0.120. The molecule has 0 bridgehead atoms. The predicted octanol–water partition coefficient (Wildman–Crippen LogP) is 2.26. The zero-order valence-corrected chi connectivity index (χ0v) is 11.0. The van der Waals surface area contributed by atoms with Gasteiger partial charge in [-0.05, 0) is 36.4 Å². The molecule has 21 heavy (non-hydrogen) atoms. The number of hydrogen-bond acceptors (Lipinski definition) is 4. The van der Waals surface area contributed by atoms with Crippen LogP contribution in [0.15, 0.2) is 66.4 Å². The van der Waals surface area contributed by atoms with Gasteiger partial charge in [-0.1, -0.05) is 18.2 Å². The van der Waals surface area contributed by atoms with Crippen molar-refractivity contribution in [2.24, 2.45) is 0 Å². The Labute approximate surface area is 121 Å². The van der Waals surface area contributed by atoms with Crippen molar-refractivity contribution in [2.75, 3.05) is 10.2 Å². The average Bonchev–Trinajstić information content (AvgIpc) is 2.77. The molecule has 0 aliphatic carbocycles. The summed E-state index contributed by atoms with van der Waals surface area (Å²) in [5, 5.41) is 12.1. The van der Waals surface area contributed by atoms with Gasteiger partial charge in [0.25, 0.3) is 11.8 Å². The summed E-state index contributed by atoms with van der Waals surface area (Å²) in [6, 6.07) is 15.0. The van der Waals surface area contributed by atoms with E-state index in [1.165, 1.54) is 18.2 Å². The molecule has 0 aromatic heterocycles. The second-order valence-corrected chi connectivity index (χ2v) is 4.54. The molecule has 3 rings (SSSR count). The summed E-state index contributed by atoms with van der Waals surface area (Å²) in [5.74, 6) is -0.652. The minimum Gasteiger partial charge on any atom is -0.508 e. The number of benzene rings is 2. The van der Waals surface area contributed by atoms with E-state index in [4.69, 9.17) is 0 Å². The van der Waals surface area contributed by atoms with Crippen molar-refractivity contribution >= 4 is 23.2 Å². The molecule has 0 atom stereocenters. The van der Waals surface area contributed by atoms with Gasteiger partial charge in [-0.25, -0.2) is 4.90 Å². The quantitative estimate of drug-likeness (QED) is 0.668. The van der Waals surface area contributed by atoms with Gasteiger partial charge in [0.1, 0.15) is 11.4 Å². The van der Waals surface area contributed by atoms with Gasteiger partial charge in [-0.3, -0.25) is 9.59 Å². The van der Waals surface area contributed by atoms with Crippen LogP contribution in [0.4, 0.5) is 11.4 Å². The second-order valence-electron chi connectivity index (χ2n) is 4.54. The number of nitrogens with one attached hydrogen (secondary N) is 1. The van der Waals surface area contributed by atoms with Crippen LogP contribution in [0, 0.1) is 0 Å². The van der Waals surface area contributed by atoms with Crippen LogP contribution in [0.2, 0.25) is 0 Å². The van der Waals surface area contributed by atoms with Crippen molar-refractivity contribution in [3.8, 4) is 5.75 Å². The van der Waals surface area contributed by atoms with Gasteiger partial charge in [-0.2, -0.15) is 0 Å². The first-order valence-electron chi connectivity index (χ1n) is 6.36. The molecule has 5 heteroatoms. The Hall–Kier alpha value is -3.08. The molecule has 0 unspecified atom stereocenters. The number of hydrogen-bond donors (Lipinski definition) is 2. The van der Waals surface area contributed by atoms with E-state index in [0.717, 1.165) is 4.90 Å². The number of carbonyl (C=O) groups is 2. The van der Waals surface area contributed by atoms with E-state index in [1.807, 2.05) is 6.07 Å². The molecule has 0 saturated heterocycles. The summed E-state index contributed by atoms with van der Waals surface area (Å²) in [7, 11) is 0. The molecule has 2 amide bonds. The third kappa shape index (κ3) is 2.49. The van der Waals surface area contributed by atoms with Gasteiger partial charge in [0.2, 0.25) is 0 Å². The van der Waals surface area contributed by atoms with E-state index in [9.17, 15) is 14.7 Å². The van der Waals surface area contributed by atoms with Gasteiger partial charge in [-0.15, -0.1) is 0 Å². The van der Waals surface area contributed by atoms with Crippen LogP contribution in [-0.2, 0) is 9.59 Å². The Morgan fingerprint density at radius 2 is 1.57 bits per heavy atom. The Bertz CT molecular complexity index is 721. The first-order chi connectivity index (χ1) is 10.1. The molecular weight excluding hydrogens is 268 g/mol. The fraction of sp³-hybridized carbons (Fsp3) is 0. The number of carbonyl (C=O) groups excluding carboxylic acids is 2. The monoisotopic (exact) mass is 280 g/mol. The van der Waals surface area contributed by atoms with Gasteiger partial charge >= 0.3 is 0 Å². The molecule has 2 N–H and O–H groups in total. The number of rotatable bonds is 3. The molecule has 104 valence electrons. The zero-order chi connectivity index (χ0) is 14.8.